The number of nitrogens with two attached hydrogens (primary N) is 1. The molecule has 2 N–H and O–H groups in total. The first-order valence-corrected chi connectivity index (χ1v) is 8.28. The molecule has 2 heterocycles. The molecule has 1 saturated heterocycles. The van der Waals surface area contributed by atoms with E-state index in [9.17, 15) is 0 Å². The molecule has 1 aliphatic heterocycles. The van der Waals surface area contributed by atoms with Crippen molar-refractivity contribution in [3.63, 3.8) is 0 Å². The van der Waals surface area contributed by atoms with E-state index in [0.29, 0.717) is 18.6 Å². The lowest BCUT2D eigenvalue weighted by Gasteiger charge is -2.43. The van der Waals surface area contributed by atoms with E-state index < -0.39 is 0 Å². The normalized spacial score (nSPS) is 26.8. The van der Waals surface area contributed by atoms with Crippen LogP contribution < -0.4 is 10.6 Å². The van der Waals surface area contributed by atoms with Crippen molar-refractivity contribution in [3.8, 4) is 0 Å². The van der Waals surface area contributed by atoms with Gasteiger partial charge in [0.15, 0.2) is 0 Å². The molecule has 0 bridgehead atoms. The maximum atomic E-state index is 6.01. The van der Waals surface area contributed by atoms with Crippen molar-refractivity contribution >= 4 is 5.82 Å². The molecule has 0 spiro atoms. The van der Waals surface area contributed by atoms with Crippen LogP contribution in [0, 0.1) is 0 Å². The molecule has 2 aliphatic rings. The number of likely N-dealkylation sites (N-methyl/N-ethyl adjacent to an activating group) is 1. The van der Waals surface area contributed by atoms with Gasteiger partial charge in [0.2, 0.25) is 0 Å². The zero-order valence-electron chi connectivity index (χ0n) is 13.6. The van der Waals surface area contributed by atoms with Crippen molar-refractivity contribution in [1.82, 2.24) is 9.88 Å². The first-order valence-electron chi connectivity index (χ1n) is 8.28. The Bertz CT molecular complexity index is 502. The van der Waals surface area contributed by atoms with Crippen LogP contribution in [-0.4, -0.2) is 42.1 Å². The largest absolute Gasteiger partial charge is 0.353 e. The molecule has 2 atom stereocenters. The minimum Gasteiger partial charge on any atom is -0.353 e. The Morgan fingerprint density at radius 1 is 1.19 bits per heavy atom. The van der Waals surface area contributed by atoms with E-state index in [2.05, 4.69) is 36.8 Å². The summed E-state index contributed by atoms with van der Waals surface area (Å²) in [4.78, 5) is 9.94. The SMILES string of the molecule is CC1CN(c2nc3c(cc2CN)CCCC3)CC(C)N1C. The first kappa shape index (κ1) is 14.8. The van der Waals surface area contributed by atoms with E-state index in [1.54, 1.807) is 0 Å². The molecule has 1 aliphatic carbocycles. The highest BCUT2D eigenvalue weighted by atomic mass is 15.3. The Labute approximate surface area is 128 Å². The summed E-state index contributed by atoms with van der Waals surface area (Å²) in [5, 5.41) is 0. The second-order valence-corrected chi connectivity index (χ2v) is 6.76. The molecule has 21 heavy (non-hydrogen) atoms. The average molecular weight is 288 g/mol. The monoisotopic (exact) mass is 288 g/mol. The van der Waals surface area contributed by atoms with Crippen LogP contribution in [0.5, 0.6) is 0 Å². The zero-order chi connectivity index (χ0) is 15.0. The number of nitrogens with zero attached hydrogens (tertiary/aromatic N) is 3. The highest BCUT2D eigenvalue weighted by Crippen LogP contribution is 2.28. The van der Waals surface area contributed by atoms with Gasteiger partial charge < -0.3 is 10.6 Å². The molecular weight excluding hydrogens is 260 g/mol. The van der Waals surface area contributed by atoms with Crippen molar-refractivity contribution in [2.24, 2.45) is 5.73 Å². The van der Waals surface area contributed by atoms with Crippen molar-refractivity contribution in [1.29, 1.82) is 0 Å². The van der Waals surface area contributed by atoms with Gasteiger partial charge in [-0.25, -0.2) is 4.98 Å². The van der Waals surface area contributed by atoms with Gasteiger partial charge in [0.25, 0.3) is 0 Å². The van der Waals surface area contributed by atoms with Crippen molar-refractivity contribution in [3.05, 3.63) is 22.9 Å². The lowest BCUT2D eigenvalue weighted by Crippen LogP contribution is -2.55. The summed E-state index contributed by atoms with van der Waals surface area (Å²) in [6.45, 7) is 7.26. The molecule has 2 unspecified atom stereocenters. The molecule has 1 aromatic rings. The molecule has 1 aromatic heterocycles. The summed E-state index contributed by atoms with van der Waals surface area (Å²) < 4.78 is 0. The fourth-order valence-electron chi connectivity index (χ4n) is 3.67. The van der Waals surface area contributed by atoms with Gasteiger partial charge in [-0.1, -0.05) is 0 Å². The van der Waals surface area contributed by atoms with E-state index in [1.807, 2.05) is 0 Å². The van der Waals surface area contributed by atoms with Gasteiger partial charge in [-0.2, -0.15) is 0 Å². The molecule has 4 nitrogen and oxygen atoms in total. The topological polar surface area (TPSA) is 45.4 Å². The minimum absolute atomic E-state index is 0.553. The van der Waals surface area contributed by atoms with E-state index in [4.69, 9.17) is 10.7 Å². The Hall–Kier alpha value is -1.13. The molecule has 0 amide bonds. The number of aromatic nitrogens is 1. The second kappa shape index (κ2) is 5.93. The van der Waals surface area contributed by atoms with Gasteiger partial charge >= 0.3 is 0 Å². The maximum Gasteiger partial charge on any atom is 0.133 e. The summed E-state index contributed by atoms with van der Waals surface area (Å²) in [6, 6.07) is 3.43. The molecular formula is C17H28N4. The number of fused-ring (bicyclic) bond motifs is 1. The quantitative estimate of drug-likeness (QED) is 0.903. The average Bonchev–Trinajstić information content (AvgIpc) is 2.50. The van der Waals surface area contributed by atoms with Gasteiger partial charge in [0.05, 0.1) is 0 Å². The van der Waals surface area contributed by atoms with Crippen molar-refractivity contribution in [2.45, 2.75) is 58.2 Å². The van der Waals surface area contributed by atoms with E-state index in [-0.39, 0.29) is 0 Å². The number of anilines is 1. The summed E-state index contributed by atoms with van der Waals surface area (Å²) in [6.07, 6.45) is 4.87. The standard InChI is InChI=1S/C17H28N4/c1-12-10-21(11-13(2)20(12)3)17-15(9-18)8-14-6-4-5-7-16(14)19-17/h8,12-13H,4-7,9-11,18H2,1-3H3. The van der Waals surface area contributed by atoms with Gasteiger partial charge in [-0.3, -0.25) is 4.90 Å². The predicted octanol–water partition coefficient (Wildman–Crippen LogP) is 1.95. The van der Waals surface area contributed by atoms with E-state index in [0.717, 1.165) is 25.3 Å². The number of hydrogen-bond donors (Lipinski definition) is 1. The van der Waals surface area contributed by atoms with Crippen LogP contribution >= 0.6 is 0 Å². The zero-order valence-corrected chi connectivity index (χ0v) is 13.6. The highest BCUT2D eigenvalue weighted by Gasteiger charge is 2.29. The van der Waals surface area contributed by atoms with Crippen LogP contribution in [0.25, 0.3) is 0 Å². The number of aryl methyl sites for hydroxylation is 2. The number of rotatable bonds is 2. The summed E-state index contributed by atoms with van der Waals surface area (Å²) in [5.74, 6) is 1.14. The van der Waals surface area contributed by atoms with Gasteiger partial charge in [0, 0.05) is 43.0 Å². The smallest absolute Gasteiger partial charge is 0.133 e. The Balaban J connectivity index is 1.93. The molecule has 1 fully saturated rings. The van der Waals surface area contributed by atoms with Crippen molar-refractivity contribution < 1.29 is 0 Å². The van der Waals surface area contributed by atoms with Crippen LogP contribution in [0.2, 0.25) is 0 Å². The Morgan fingerprint density at radius 3 is 2.52 bits per heavy atom. The third-order valence-corrected chi connectivity index (χ3v) is 5.24. The Kier molecular flexibility index (Phi) is 4.18. The number of hydrogen-bond acceptors (Lipinski definition) is 4. The summed E-state index contributed by atoms with van der Waals surface area (Å²) >= 11 is 0. The fourth-order valence-corrected chi connectivity index (χ4v) is 3.67. The summed E-state index contributed by atoms with van der Waals surface area (Å²) in [7, 11) is 2.22. The molecule has 0 radical (unpaired) electrons. The second-order valence-electron chi connectivity index (χ2n) is 6.76. The fraction of sp³-hybridized carbons (Fsp3) is 0.706. The lowest BCUT2D eigenvalue weighted by atomic mass is 9.94. The summed E-state index contributed by atoms with van der Waals surface area (Å²) in [5.41, 5.74) is 9.98. The molecule has 3 rings (SSSR count). The number of pyridine rings is 1. The molecule has 4 heteroatoms. The van der Waals surface area contributed by atoms with Crippen LogP contribution in [-0.2, 0) is 19.4 Å². The first-order chi connectivity index (χ1) is 10.1. The van der Waals surface area contributed by atoms with Crippen LogP contribution in [0.4, 0.5) is 5.82 Å². The number of piperazine rings is 1. The minimum atomic E-state index is 0.553. The van der Waals surface area contributed by atoms with E-state index in [1.165, 1.54) is 36.1 Å². The van der Waals surface area contributed by atoms with Crippen LogP contribution in [0.15, 0.2) is 6.07 Å². The third kappa shape index (κ3) is 2.79. The van der Waals surface area contributed by atoms with Gasteiger partial charge in [-0.15, -0.1) is 0 Å². The molecule has 0 aromatic carbocycles. The highest BCUT2D eigenvalue weighted by molar-refractivity contribution is 5.51. The predicted molar refractivity (Wildman–Crippen MR) is 87.7 cm³/mol. The molecule has 116 valence electrons. The van der Waals surface area contributed by atoms with Gasteiger partial charge in [0.1, 0.15) is 5.82 Å². The molecule has 0 saturated carbocycles. The van der Waals surface area contributed by atoms with Crippen molar-refractivity contribution in [2.75, 3.05) is 25.0 Å². The lowest BCUT2D eigenvalue weighted by molar-refractivity contribution is 0.169. The van der Waals surface area contributed by atoms with E-state index >= 15 is 0 Å². The third-order valence-electron chi connectivity index (χ3n) is 5.24. The Morgan fingerprint density at radius 2 is 1.86 bits per heavy atom. The van der Waals surface area contributed by atoms with Crippen LogP contribution in [0.1, 0.15) is 43.5 Å². The maximum absolute atomic E-state index is 6.01. The van der Waals surface area contributed by atoms with Gasteiger partial charge in [-0.05, 0) is 58.2 Å². The van der Waals surface area contributed by atoms with Crippen LogP contribution in [0.3, 0.4) is 0 Å².